The van der Waals surface area contributed by atoms with E-state index < -0.39 is 21.7 Å². The van der Waals surface area contributed by atoms with Crippen LogP contribution in [0.25, 0.3) is 6.08 Å². The first-order chi connectivity index (χ1) is 13.9. The maximum Gasteiger partial charge on any atom is 0.266 e. The van der Waals surface area contributed by atoms with Crippen molar-refractivity contribution in [2.24, 2.45) is 0 Å². The third-order valence-corrected chi connectivity index (χ3v) is 6.49. The lowest BCUT2D eigenvalue weighted by molar-refractivity contribution is -0.112. The minimum absolute atomic E-state index is 0.0956. The Bertz CT molecular complexity index is 1070. The van der Waals surface area contributed by atoms with E-state index in [1.807, 2.05) is 6.07 Å². The number of amides is 1. The molecule has 29 heavy (non-hydrogen) atoms. The number of carbonyl (C=O) groups is 1. The Hall–Kier alpha value is -3.02. The Labute approximate surface area is 169 Å². The normalized spacial score (nSPS) is 15.5. The van der Waals surface area contributed by atoms with Gasteiger partial charge in [-0.25, -0.2) is 12.8 Å². The molecular weight excluding hydrogens is 393 g/mol. The highest BCUT2D eigenvalue weighted by Gasteiger charge is 2.26. The molecule has 1 N–H and O–H groups in total. The molecule has 8 heteroatoms. The summed E-state index contributed by atoms with van der Waals surface area (Å²) in [5, 5.41) is 11.8. The van der Waals surface area contributed by atoms with Crippen LogP contribution in [-0.4, -0.2) is 31.7 Å². The van der Waals surface area contributed by atoms with E-state index in [0.29, 0.717) is 18.7 Å². The first kappa shape index (κ1) is 20.7. The Morgan fingerprint density at radius 3 is 2.45 bits per heavy atom. The molecule has 0 unspecified atom stereocenters. The number of rotatable bonds is 5. The van der Waals surface area contributed by atoms with E-state index in [1.165, 1.54) is 46.8 Å². The van der Waals surface area contributed by atoms with Crippen molar-refractivity contribution in [2.75, 3.05) is 18.4 Å². The van der Waals surface area contributed by atoms with Gasteiger partial charge in [0.2, 0.25) is 10.0 Å². The number of hydrogen-bond acceptors (Lipinski definition) is 4. The highest BCUT2D eigenvalue weighted by molar-refractivity contribution is 7.89. The third-order valence-electron chi connectivity index (χ3n) is 4.59. The van der Waals surface area contributed by atoms with Gasteiger partial charge in [-0.1, -0.05) is 24.6 Å². The number of anilines is 1. The Morgan fingerprint density at radius 1 is 1.10 bits per heavy atom. The number of nitrogens with zero attached hydrogens (tertiary/aromatic N) is 2. The van der Waals surface area contributed by atoms with Crippen molar-refractivity contribution >= 4 is 27.7 Å². The lowest BCUT2D eigenvalue weighted by Gasteiger charge is -2.26. The largest absolute Gasteiger partial charge is 0.321 e. The van der Waals surface area contributed by atoms with Gasteiger partial charge >= 0.3 is 0 Å². The zero-order chi connectivity index (χ0) is 20.9. The van der Waals surface area contributed by atoms with Gasteiger partial charge in [0.15, 0.2) is 0 Å². The first-order valence-corrected chi connectivity index (χ1v) is 10.6. The van der Waals surface area contributed by atoms with Crippen molar-refractivity contribution in [3.05, 3.63) is 65.5 Å². The van der Waals surface area contributed by atoms with E-state index in [4.69, 9.17) is 0 Å². The van der Waals surface area contributed by atoms with Gasteiger partial charge in [-0.2, -0.15) is 9.57 Å². The molecule has 0 atom stereocenters. The second-order valence-corrected chi connectivity index (χ2v) is 8.61. The molecule has 1 aliphatic rings. The molecule has 150 valence electrons. The smallest absolute Gasteiger partial charge is 0.266 e. The molecule has 1 saturated heterocycles. The van der Waals surface area contributed by atoms with Crippen LogP contribution in [0.15, 0.2) is 59.0 Å². The Balaban J connectivity index is 1.79. The van der Waals surface area contributed by atoms with E-state index >= 15 is 0 Å². The molecule has 1 aliphatic heterocycles. The average molecular weight is 413 g/mol. The van der Waals surface area contributed by atoms with E-state index in [9.17, 15) is 22.9 Å². The van der Waals surface area contributed by atoms with Crippen LogP contribution in [0.2, 0.25) is 0 Å². The summed E-state index contributed by atoms with van der Waals surface area (Å²) in [6, 6.07) is 13.1. The molecule has 0 aromatic heterocycles. The number of sulfonamides is 1. The predicted octanol–water partition coefficient (Wildman–Crippen LogP) is 3.55. The monoisotopic (exact) mass is 413 g/mol. The minimum atomic E-state index is -3.63. The summed E-state index contributed by atoms with van der Waals surface area (Å²) in [5.74, 6) is -1.10. The summed E-state index contributed by atoms with van der Waals surface area (Å²) in [6.45, 7) is 0.968. The molecule has 1 heterocycles. The summed E-state index contributed by atoms with van der Waals surface area (Å²) in [7, 11) is -3.63. The molecule has 0 radical (unpaired) electrons. The van der Waals surface area contributed by atoms with E-state index in [2.05, 4.69) is 5.32 Å². The van der Waals surface area contributed by atoms with Crippen LogP contribution in [0.5, 0.6) is 0 Å². The number of piperidine rings is 1. The maximum atomic E-state index is 13.0. The molecule has 0 spiro atoms. The quantitative estimate of drug-likeness (QED) is 0.600. The summed E-state index contributed by atoms with van der Waals surface area (Å²) in [6.07, 6.45) is 4.01. The predicted molar refractivity (Wildman–Crippen MR) is 108 cm³/mol. The van der Waals surface area contributed by atoms with E-state index in [-0.39, 0.29) is 16.2 Å². The molecule has 6 nitrogen and oxygen atoms in total. The van der Waals surface area contributed by atoms with Crippen molar-refractivity contribution < 1.29 is 17.6 Å². The molecule has 1 amide bonds. The molecular formula is C21H20FN3O3S. The second kappa shape index (κ2) is 8.99. The van der Waals surface area contributed by atoms with Crippen molar-refractivity contribution in [1.82, 2.24) is 4.31 Å². The summed E-state index contributed by atoms with van der Waals surface area (Å²) in [4.78, 5) is 12.5. The fourth-order valence-electron chi connectivity index (χ4n) is 3.06. The van der Waals surface area contributed by atoms with Crippen LogP contribution < -0.4 is 5.32 Å². The number of nitriles is 1. The average Bonchev–Trinajstić information content (AvgIpc) is 2.74. The van der Waals surface area contributed by atoms with Gasteiger partial charge in [-0.15, -0.1) is 0 Å². The fraction of sp³-hybridized carbons (Fsp3) is 0.238. The molecule has 0 saturated carbocycles. The van der Waals surface area contributed by atoms with E-state index in [0.717, 1.165) is 19.3 Å². The minimum Gasteiger partial charge on any atom is -0.321 e. The van der Waals surface area contributed by atoms with Gasteiger partial charge in [0.25, 0.3) is 5.91 Å². The van der Waals surface area contributed by atoms with Gasteiger partial charge in [0.05, 0.1) is 4.90 Å². The highest BCUT2D eigenvalue weighted by Crippen LogP contribution is 2.23. The van der Waals surface area contributed by atoms with Gasteiger partial charge in [-0.05, 0) is 54.8 Å². The molecule has 0 aliphatic carbocycles. The van der Waals surface area contributed by atoms with Crippen molar-refractivity contribution in [2.45, 2.75) is 24.2 Å². The summed E-state index contributed by atoms with van der Waals surface area (Å²) >= 11 is 0. The number of benzene rings is 2. The second-order valence-electron chi connectivity index (χ2n) is 6.67. The summed E-state index contributed by atoms with van der Waals surface area (Å²) < 4.78 is 40.1. The maximum absolute atomic E-state index is 13.0. The lowest BCUT2D eigenvalue weighted by atomic mass is 10.1. The van der Waals surface area contributed by atoms with Crippen LogP contribution >= 0.6 is 0 Å². The molecule has 0 bridgehead atoms. The highest BCUT2D eigenvalue weighted by atomic mass is 32.2. The Morgan fingerprint density at radius 2 is 1.79 bits per heavy atom. The molecule has 1 fully saturated rings. The number of nitrogens with one attached hydrogen (secondary N) is 1. The summed E-state index contributed by atoms with van der Waals surface area (Å²) in [5.41, 5.74) is 0.591. The van der Waals surface area contributed by atoms with Crippen LogP contribution in [0.4, 0.5) is 10.1 Å². The van der Waals surface area contributed by atoms with Gasteiger partial charge in [-0.3, -0.25) is 4.79 Å². The standard InChI is InChI=1S/C21H20FN3O3S/c22-18-9-7-16(8-10-18)13-17(15-23)21(26)24-19-5-4-6-20(14-19)29(27,28)25-11-2-1-3-12-25/h4-10,13-14H,1-3,11-12H2,(H,24,26)/b17-13+. The molecule has 2 aromatic carbocycles. The topological polar surface area (TPSA) is 90.3 Å². The number of carbonyl (C=O) groups excluding carboxylic acids is 1. The zero-order valence-electron chi connectivity index (χ0n) is 15.6. The third kappa shape index (κ3) is 5.08. The van der Waals surface area contributed by atoms with Crippen molar-refractivity contribution in [3.63, 3.8) is 0 Å². The number of hydrogen-bond donors (Lipinski definition) is 1. The molecule has 2 aromatic rings. The van der Waals surface area contributed by atoms with E-state index in [1.54, 1.807) is 12.1 Å². The lowest BCUT2D eigenvalue weighted by Crippen LogP contribution is -2.35. The van der Waals surface area contributed by atoms with Crippen molar-refractivity contribution in [3.8, 4) is 6.07 Å². The van der Waals surface area contributed by atoms with Gasteiger partial charge in [0.1, 0.15) is 17.5 Å². The number of halogens is 1. The first-order valence-electron chi connectivity index (χ1n) is 9.19. The van der Waals surface area contributed by atoms with Gasteiger partial charge in [0, 0.05) is 18.8 Å². The Kier molecular flexibility index (Phi) is 6.42. The fourth-order valence-corrected chi connectivity index (χ4v) is 4.62. The van der Waals surface area contributed by atoms with Crippen molar-refractivity contribution in [1.29, 1.82) is 5.26 Å². The van der Waals surface area contributed by atoms with Gasteiger partial charge < -0.3 is 5.32 Å². The van der Waals surface area contributed by atoms with Crippen LogP contribution in [-0.2, 0) is 14.8 Å². The van der Waals surface area contributed by atoms with Crippen LogP contribution in [0, 0.1) is 17.1 Å². The SMILES string of the molecule is N#C/C(=C\c1ccc(F)cc1)C(=O)Nc1cccc(S(=O)(=O)N2CCCCC2)c1. The van der Waals surface area contributed by atoms with Crippen LogP contribution in [0.1, 0.15) is 24.8 Å². The molecule has 3 rings (SSSR count). The zero-order valence-corrected chi connectivity index (χ0v) is 16.5. The van der Waals surface area contributed by atoms with Crippen LogP contribution in [0.3, 0.4) is 0 Å².